The van der Waals surface area contributed by atoms with Crippen molar-refractivity contribution in [3.05, 3.63) is 12.7 Å². The molecule has 2 N–H and O–H groups in total. The molecule has 2 rings (SSSR count). The second kappa shape index (κ2) is 5.83. The highest BCUT2D eigenvalue weighted by atomic mass is 16.3. The van der Waals surface area contributed by atoms with Gasteiger partial charge in [0.1, 0.15) is 6.33 Å². The topological polar surface area (TPSA) is 96.2 Å². The Morgan fingerprint density at radius 1 is 1.45 bits per heavy atom. The van der Waals surface area contributed by atoms with Crippen molar-refractivity contribution >= 4 is 22.9 Å². The van der Waals surface area contributed by atoms with Gasteiger partial charge in [-0.3, -0.25) is 4.79 Å². The molecular weight excluding hydrogens is 260 g/mol. The monoisotopic (exact) mass is 278 g/mol. The Bertz CT molecular complexity index is 609. The van der Waals surface area contributed by atoms with E-state index >= 15 is 0 Å². The maximum Gasteiger partial charge on any atom is 0.216 e. The zero-order chi connectivity index (χ0) is 14.7. The van der Waals surface area contributed by atoms with Crippen molar-refractivity contribution in [2.45, 2.75) is 19.6 Å². The second-order valence-electron chi connectivity index (χ2n) is 4.75. The third-order valence-electron chi connectivity index (χ3n) is 2.80. The van der Waals surface area contributed by atoms with Crippen molar-refractivity contribution in [3.63, 3.8) is 0 Å². The lowest BCUT2D eigenvalue weighted by atomic mass is 10.3. The number of nitrogens with zero attached hydrogens (tertiary/aromatic N) is 5. The van der Waals surface area contributed by atoms with Gasteiger partial charge in [-0.25, -0.2) is 15.0 Å². The van der Waals surface area contributed by atoms with Gasteiger partial charge in [0, 0.05) is 27.6 Å². The van der Waals surface area contributed by atoms with Crippen molar-refractivity contribution in [3.8, 4) is 0 Å². The molecule has 2 aromatic heterocycles. The SMILES string of the molecule is CC(=O)NCC(O)Cn1cnc2c(N(C)C)ncnc21. The molecule has 0 saturated carbocycles. The van der Waals surface area contributed by atoms with Gasteiger partial charge in [0.2, 0.25) is 5.91 Å². The van der Waals surface area contributed by atoms with E-state index in [0.717, 1.165) is 5.82 Å². The Balaban J connectivity index is 2.19. The quantitative estimate of drug-likeness (QED) is 0.757. The highest BCUT2D eigenvalue weighted by Crippen LogP contribution is 2.19. The number of nitrogens with one attached hydrogen (secondary N) is 1. The van der Waals surface area contributed by atoms with Crippen LogP contribution < -0.4 is 10.2 Å². The van der Waals surface area contributed by atoms with E-state index < -0.39 is 6.10 Å². The lowest BCUT2D eigenvalue weighted by molar-refractivity contribution is -0.119. The van der Waals surface area contributed by atoms with E-state index in [-0.39, 0.29) is 12.5 Å². The van der Waals surface area contributed by atoms with Crippen molar-refractivity contribution in [2.24, 2.45) is 0 Å². The number of hydrogen-bond acceptors (Lipinski definition) is 6. The van der Waals surface area contributed by atoms with Gasteiger partial charge in [0.15, 0.2) is 17.0 Å². The van der Waals surface area contributed by atoms with Crippen LogP contribution in [0.15, 0.2) is 12.7 Å². The number of imidazole rings is 1. The minimum atomic E-state index is -0.700. The Hall–Kier alpha value is -2.22. The van der Waals surface area contributed by atoms with Gasteiger partial charge in [-0.15, -0.1) is 0 Å². The number of aromatic nitrogens is 4. The molecule has 20 heavy (non-hydrogen) atoms. The van der Waals surface area contributed by atoms with Gasteiger partial charge in [-0.1, -0.05) is 0 Å². The summed E-state index contributed by atoms with van der Waals surface area (Å²) in [6.45, 7) is 1.91. The van der Waals surface area contributed by atoms with Crippen LogP contribution in [0.5, 0.6) is 0 Å². The number of amides is 1. The molecule has 0 aliphatic heterocycles. The third-order valence-corrected chi connectivity index (χ3v) is 2.80. The van der Waals surface area contributed by atoms with Crippen LogP contribution in [0.25, 0.3) is 11.2 Å². The minimum absolute atomic E-state index is 0.170. The van der Waals surface area contributed by atoms with Gasteiger partial charge >= 0.3 is 0 Å². The summed E-state index contributed by atoms with van der Waals surface area (Å²) >= 11 is 0. The number of fused-ring (bicyclic) bond motifs is 1. The van der Waals surface area contributed by atoms with Crippen LogP contribution in [0.2, 0.25) is 0 Å². The van der Waals surface area contributed by atoms with E-state index in [2.05, 4.69) is 20.3 Å². The van der Waals surface area contributed by atoms with E-state index in [4.69, 9.17) is 0 Å². The largest absolute Gasteiger partial charge is 0.389 e. The second-order valence-corrected chi connectivity index (χ2v) is 4.75. The highest BCUT2D eigenvalue weighted by molar-refractivity contribution is 5.82. The molecule has 1 unspecified atom stereocenters. The summed E-state index contributed by atoms with van der Waals surface area (Å²) in [6, 6.07) is 0. The summed E-state index contributed by atoms with van der Waals surface area (Å²) in [5.41, 5.74) is 1.34. The van der Waals surface area contributed by atoms with E-state index in [0.29, 0.717) is 17.7 Å². The van der Waals surface area contributed by atoms with Crippen molar-refractivity contribution in [1.29, 1.82) is 0 Å². The molecule has 0 saturated heterocycles. The first-order chi connectivity index (χ1) is 9.49. The summed E-state index contributed by atoms with van der Waals surface area (Å²) in [7, 11) is 3.76. The van der Waals surface area contributed by atoms with Gasteiger partial charge < -0.3 is 19.9 Å². The zero-order valence-corrected chi connectivity index (χ0v) is 11.7. The number of carbonyl (C=O) groups excluding carboxylic acids is 1. The maximum absolute atomic E-state index is 10.8. The van der Waals surface area contributed by atoms with Crippen LogP contribution in [0.3, 0.4) is 0 Å². The van der Waals surface area contributed by atoms with Crippen LogP contribution in [-0.2, 0) is 11.3 Å². The number of anilines is 1. The van der Waals surface area contributed by atoms with Gasteiger partial charge in [-0.05, 0) is 0 Å². The molecular formula is C12H18N6O2. The molecule has 0 fully saturated rings. The predicted molar refractivity (Wildman–Crippen MR) is 74.3 cm³/mol. The molecule has 0 radical (unpaired) electrons. The molecule has 0 aromatic carbocycles. The van der Waals surface area contributed by atoms with Gasteiger partial charge in [-0.2, -0.15) is 0 Å². The van der Waals surface area contributed by atoms with Crippen LogP contribution in [0.1, 0.15) is 6.92 Å². The highest BCUT2D eigenvalue weighted by Gasteiger charge is 2.13. The van der Waals surface area contributed by atoms with Crippen molar-refractivity contribution in [1.82, 2.24) is 24.8 Å². The molecule has 0 aliphatic carbocycles. The first-order valence-electron chi connectivity index (χ1n) is 6.24. The molecule has 0 bridgehead atoms. The number of aliphatic hydroxyl groups excluding tert-OH is 1. The van der Waals surface area contributed by atoms with Crippen LogP contribution in [0.4, 0.5) is 5.82 Å². The normalized spacial score (nSPS) is 12.4. The summed E-state index contributed by atoms with van der Waals surface area (Å²) in [4.78, 5) is 25.3. The van der Waals surface area contributed by atoms with Crippen molar-refractivity contribution < 1.29 is 9.90 Å². The maximum atomic E-state index is 10.8. The molecule has 1 amide bonds. The molecule has 0 aliphatic rings. The fourth-order valence-electron chi connectivity index (χ4n) is 1.88. The third kappa shape index (κ3) is 3.02. The number of rotatable bonds is 5. The summed E-state index contributed by atoms with van der Waals surface area (Å²) in [6.07, 6.45) is 2.38. The van der Waals surface area contributed by atoms with E-state index in [1.54, 1.807) is 10.9 Å². The number of aliphatic hydroxyl groups is 1. The first-order valence-corrected chi connectivity index (χ1v) is 6.24. The van der Waals surface area contributed by atoms with Crippen LogP contribution in [0, 0.1) is 0 Å². The molecule has 8 nitrogen and oxygen atoms in total. The lowest BCUT2D eigenvalue weighted by Crippen LogP contribution is -2.32. The molecule has 1 atom stereocenters. The molecule has 2 aromatic rings. The summed E-state index contributed by atoms with van der Waals surface area (Å²) in [5, 5.41) is 12.5. The predicted octanol–water partition coefficient (Wildman–Crippen LogP) is -0.611. The lowest BCUT2D eigenvalue weighted by Gasteiger charge is -2.13. The van der Waals surface area contributed by atoms with Gasteiger partial charge in [0.25, 0.3) is 0 Å². The van der Waals surface area contributed by atoms with Crippen LogP contribution in [-0.4, -0.2) is 57.3 Å². The zero-order valence-electron chi connectivity index (χ0n) is 11.7. The number of hydrogen-bond donors (Lipinski definition) is 2. The van der Waals surface area contributed by atoms with E-state index in [1.807, 2.05) is 19.0 Å². The average Bonchev–Trinajstić information content (AvgIpc) is 2.79. The van der Waals surface area contributed by atoms with Crippen molar-refractivity contribution in [2.75, 3.05) is 25.5 Å². The smallest absolute Gasteiger partial charge is 0.216 e. The van der Waals surface area contributed by atoms with E-state index in [1.165, 1.54) is 13.3 Å². The molecule has 8 heteroatoms. The Kier molecular flexibility index (Phi) is 4.14. The Labute approximate surface area is 116 Å². The molecule has 108 valence electrons. The fourth-order valence-corrected chi connectivity index (χ4v) is 1.88. The Morgan fingerprint density at radius 3 is 2.85 bits per heavy atom. The summed E-state index contributed by atoms with van der Waals surface area (Å²) in [5.74, 6) is 0.557. The molecule has 0 spiro atoms. The van der Waals surface area contributed by atoms with Crippen LogP contribution >= 0.6 is 0 Å². The fraction of sp³-hybridized carbons (Fsp3) is 0.500. The summed E-state index contributed by atoms with van der Waals surface area (Å²) < 4.78 is 1.75. The van der Waals surface area contributed by atoms with Gasteiger partial charge in [0.05, 0.1) is 19.0 Å². The standard InChI is InChI=1S/C12H18N6O2/c1-8(19)13-4-9(20)5-18-7-16-10-11(17(2)3)14-6-15-12(10)18/h6-7,9,20H,4-5H2,1-3H3,(H,13,19). The van der Waals surface area contributed by atoms with E-state index in [9.17, 15) is 9.90 Å². The Morgan fingerprint density at radius 2 is 2.20 bits per heavy atom. The average molecular weight is 278 g/mol. The number of carbonyl (C=O) groups is 1. The first kappa shape index (κ1) is 14.2. The minimum Gasteiger partial charge on any atom is -0.389 e. The molecule has 2 heterocycles.